The van der Waals surface area contributed by atoms with Gasteiger partial charge in [0.05, 0.1) is 12.0 Å². The Labute approximate surface area is 148 Å². The Kier molecular flexibility index (Phi) is 5.79. The van der Waals surface area contributed by atoms with Gasteiger partial charge in [0.15, 0.2) is 0 Å². The van der Waals surface area contributed by atoms with Gasteiger partial charge < -0.3 is 14.5 Å². The number of hydrogen-bond acceptors (Lipinski definition) is 5. The second-order valence-corrected chi connectivity index (χ2v) is 7.52. The largest absolute Gasteiger partial charge is 0.501 e. The second kappa shape index (κ2) is 7.52. The minimum Gasteiger partial charge on any atom is -0.453 e. The van der Waals surface area contributed by atoms with Crippen molar-refractivity contribution in [1.82, 2.24) is 9.80 Å². The maximum Gasteiger partial charge on any atom is 0.501 e. The Morgan fingerprint density at radius 1 is 1.00 bits per heavy atom. The van der Waals surface area contributed by atoms with Crippen LogP contribution >= 0.6 is 0 Å². The van der Waals surface area contributed by atoms with Crippen LogP contribution in [0.15, 0.2) is 29.2 Å². The monoisotopic (exact) mass is 394 g/mol. The summed E-state index contributed by atoms with van der Waals surface area (Å²) in [6.45, 7) is 1.27. The first-order chi connectivity index (χ1) is 12.1. The number of carbonyl (C=O) groups is 2. The van der Waals surface area contributed by atoms with Crippen molar-refractivity contribution < 1.29 is 35.9 Å². The zero-order valence-corrected chi connectivity index (χ0v) is 14.6. The van der Waals surface area contributed by atoms with Gasteiger partial charge in [-0.05, 0) is 30.7 Å². The summed E-state index contributed by atoms with van der Waals surface area (Å²) in [4.78, 5) is 26.0. The van der Waals surface area contributed by atoms with Gasteiger partial charge in [-0.3, -0.25) is 4.79 Å². The van der Waals surface area contributed by atoms with Gasteiger partial charge >= 0.3 is 11.6 Å². The van der Waals surface area contributed by atoms with Crippen LogP contribution in [0.4, 0.5) is 18.0 Å². The fraction of sp³-hybridized carbons (Fsp3) is 0.467. The molecule has 26 heavy (non-hydrogen) atoms. The van der Waals surface area contributed by atoms with E-state index in [1.54, 1.807) is 0 Å². The number of benzene rings is 1. The molecule has 7 nitrogen and oxygen atoms in total. The van der Waals surface area contributed by atoms with E-state index in [0.717, 1.165) is 24.3 Å². The first kappa shape index (κ1) is 20.0. The molecule has 2 rings (SSSR count). The quantitative estimate of drug-likeness (QED) is 0.765. The van der Waals surface area contributed by atoms with Crippen LogP contribution in [-0.4, -0.2) is 69.0 Å². The number of halogens is 3. The minimum absolute atomic E-state index is 0.0673. The highest BCUT2D eigenvalue weighted by atomic mass is 32.2. The molecule has 1 saturated heterocycles. The molecule has 0 atom stereocenters. The summed E-state index contributed by atoms with van der Waals surface area (Å²) in [6, 6.07) is 3.61. The lowest BCUT2D eigenvalue weighted by molar-refractivity contribution is -0.0436. The number of nitrogens with zero attached hydrogens (tertiary/aromatic N) is 2. The third-order valence-corrected chi connectivity index (χ3v) is 5.43. The molecule has 0 aliphatic carbocycles. The number of amides is 2. The summed E-state index contributed by atoms with van der Waals surface area (Å²) in [5.41, 5.74) is -5.33. The fourth-order valence-corrected chi connectivity index (χ4v) is 3.29. The molecule has 144 valence electrons. The van der Waals surface area contributed by atoms with E-state index in [0.29, 0.717) is 19.5 Å². The summed E-state index contributed by atoms with van der Waals surface area (Å²) in [5, 5.41) is 0. The second-order valence-electron chi connectivity index (χ2n) is 5.58. The molecule has 11 heteroatoms. The molecule has 1 aromatic rings. The van der Waals surface area contributed by atoms with Crippen molar-refractivity contribution in [2.45, 2.75) is 16.8 Å². The topological polar surface area (TPSA) is 84.0 Å². The molecule has 0 bridgehead atoms. The summed E-state index contributed by atoms with van der Waals surface area (Å²) in [7, 11) is -4.20. The maximum absolute atomic E-state index is 12.5. The summed E-state index contributed by atoms with van der Waals surface area (Å²) >= 11 is 0. The summed E-state index contributed by atoms with van der Waals surface area (Å²) in [6.07, 6.45) is 0.0162. The number of rotatable bonds is 2. The van der Waals surface area contributed by atoms with E-state index in [2.05, 4.69) is 4.74 Å². The molecule has 1 aromatic carbocycles. The first-order valence-electron chi connectivity index (χ1n) is 7.61. The highest BCUT2D eigenvalue weighted by molar-refractivity contribution is 7.92. The van der Waals surface area contributed by atoms with Crippen molar-refractivity contribution in [2.75, 3.05) is 33.3 Å². The van der Waals surface area contributed by atoms with E-state index >= 15 is 0 Å². The number of hydrogen-bond donors (Lipinski definition) is 0. The Balaban J connectivity index is 2.12. The van der Waals surface area contributed by atoms with Gasteiger partial charge in [0.2, 0.25) is 0 Å². The molecular weight excluding hydrogens is 377 g/mol. The van der Waals surface area contributed by atoms with Gasteiger partial charge in [0.1, 0.15) is 0 Å². The fourth-order valence-electron chi connectivity index (χ4n) is 2.53. The number of carbonyl (C=O) groups excluding carboxylic acids is 2. The lowest BCUT2D eigenvalue weighted by Gasteiger charge is -2.21. The van der Waals surface area contributed by atoms with Crippen molar-refractivity contribution in [3.8, 4) is 0 Å². The Morgan fingerprint density at radius 3 is 2.08 bits per heavy atom. The van der Waals surface area contributed by atoms with Gasteiger partial charge in [-0.1, -0.05) is 0 Å². The highest BCUT2D eigenvalue weighted by Crippen LogP contribution is 2.30. The van der Waals surface area contributed by atoms with Crippen LogP contribution in [0.1, 0.15) is 16.8 Å². The Morgan fingerprint density at radius 2 is 1.54 bits per heavy atom. The molecule has 0 spiro atoms. The molecule has 0 N–H and O–H groups in total. The van der Waals surface area contributed by atoms with E-state index in [9.17, 15) is 31.2 Å². The molecule has 2 amide bonds. The normalized spacial score (nSPS) is 16.2. The SMILES string of the molecule is COC(=O)N1CCCN(C(=O)c2ccc(S(=O)(=O)C(F)(F)F)cc2)CC1. The average molecular weight is 394 g/mol. The molecule has 1 aliphatic heterocycles. The van der Waals surface area contributed by atoms with E-state index in [-0.39, 0.29) is 18.7 Å². The van der Waals surface area contributed by atoms with Crippen LogP contribution in [-0.2, 0) is 14.6 Å². The summed E-state index contributed by atoms with van der Waals surface area (Å²) < 4.78 is 64.9. The smallest absolute Gasteiger partial charge is 0.453 e. The third-order valence-electron chi connectivity index (χ3n) is 3.93. The Hall–Kier alpha value is -2.30. The summed E-state index contributed by atoms with van der Waals surface area (Å²) in [5.74, 6) is -0.451. The number of ether oxygens (including phenoxy) is 1. The number of alkyl halides is 3. The van der Waals surface area contributed by atoms with Gasteiger partial charge in [0.25, 0.3) is 15.7 Å². The minimum atomic E-state index is -5.45. The third kappa shape index (κ3) is 4.09. The molecule has 1 fully saturated rings. The maximum atomic E-state index is 12.5. The van der Waals surface area contributed by atoms with Crippen LogP contribution in [0.5, 0.6) is 0 Å². The van der Waals surface area contributed by atoms with Crippen molar-refractivity contribution in [3.63, 3.8) is 0 Å². The standard InChI is InChI=1S/C15H17F3N2O5S/c1-25-14(22)20-8-2-7-19(9-10-20)13(21)11-3-5-12(6-4-11)26(23,24)15(16,17)18/h3-6H,2,7-10H2,1H3. The molecule has 0 aromatic heterocycles. The van der Waals surface area contributed by atoms with Gasteiger partial charge in [0, 0.05) is 31.7 Å². The zero-order chi connectivity index (χ0) is 19.5. The molecule has 1 aliphatic rings. The molecule has 0 unspecified atom stereocenters. The van der Waals surface area contributed by atoms with Crippen LogP contribution in [0.25, 0.3) is 0 Å². The van der Waals surface area contributed by atoms with Gasteiger partial charge in [-0.15, -0.1) is 0 Å². The Bertz CT molecular complexity index is 777. The number of sulfone groups is 1. The molecule has 0 radical (unpaired) electrons. The van der Waals surface area contributed by atoms with Crippen LogP contribution in [0.2, 0.25) is 0 Å². The van der Waals surface area contributed by atoms with E-state index in [4.69, 9.17) is 0 Å². The molecular formula is C15H17F3N2O5S. The average Bonchev–Trinajstić information content (AvgIpc) is 2.85. The van der Waals surface area contributed by atoms with Crippen molar-refractivity contribution in [1.29, 1.82) is 0 Å². The van der Waals surface area contributed by atoms with E-state index in [1.165, 1.54) is 16.9 Å². The van der Waals surface area contributed by atoms with Gasteiger partial charge in [-0.2, -0.15) is 13.2 Å². The first-order valence-corrected chi connectivity index (χ1v) is 9.10. The molecule has 0 saturated carbocycles. The van der Waals surface area contributed by atoms with Crippen molar-refractivity contribution >= 4 is 21.8 Å². The van der Waals surface area contributed by atoms with Crippen LogP contribution < -0.4 is 0 Å². The zero-order valence-electron chi connectivity index (χ0n) is 13.8. The predicted molar refractivity (Wildman–Crippen MR) is 84.2 cm³/mol. The van der Waals surface area contributed by atoms with Gasteiger partial charge in [-0.25, -0.2) is 13.2 Å². The predicted octanol–water partition coefficient (Wildman–Crippen LogP) is 1.89. The van der Waals surface area contributed by atoms with Crippen molar-refractivity contribution in [3.05, 3.63) is 29.8 Å². The molecule has 1 heterocycles. The van der Waals surface area contributed by atoms with Crippen LogP contribution in [0, 0.1) is 0 Å². The van der Waals surface area contributed by atoms with Crippen LogP contribution in [0.3, 0.4) is 0 Å². The highest BCUT2D eigenvalue weighted by Gasteiger charge is 2.46. The number of methoxy groups -OCH3 is 1. The van der Waals surface area contributed by atoms with E-state index in [1.807, 2.05) is 0 Å². The van der Waals surface area contributed by atoms with E-state index < -0.39 is 32.2 Å². The van der Waals surface area contributed by atoms with Crippen molar-refractivity contribution in [2.24, 2.45) is 0 Å². The lowest BCUT2D eigenvalue weighted by atomic mass is 10.2. The lowest BCUT2D eigenvalue weighted by Crippen LogP contribution is -2.37.